The minimum atomic E-state index is -0.626. The third kappa shape index (κ3) is 3.74. The van der Waals surface area contributed by atoms with Crippen molar-refractivity contribution in [1.82, 2.24) is 15.1 Å². The van der Waals surface area contributed by atoms with Crippen molar-refractivity contribution < 1.29 is 14.3 Å². The fourth-order valence-electron chi connectivity index (χ4n) is 1.93. The van der Waals surface area contributed by atoms with Crippen molar-refractivity contribution in [3.05, 3.63) is 22.7 Å². The molecule has 0 aliphatic rings. The van der Waals surface area contributed by atoms with Gasteiger partial charge in [-0.15, -0.1) is 5.10 Å². The molecule has 2 rings (SSSR count). The van der Waals surface area contributed by atoms with Crippen molar-refractivity contribution in [3.63, 3.8) is 0 Å². The molecule has 0 aliphatic heterocycles. The number of amides is 1. The van der Waals surface area contributed by atoms with Gasteiger partial charge in [-0.25, -0.2) is 0 Å². The molecule has 0 spiro atoms. The van der Waals surface area contributed by atoms with E-state index >= 15 is 0 Å². The smallest absolute Gasteiger partial charge is 0.260 e. The number of nitrogens with one attached hydrogen (secondary N) is 1. The lowest BCUT2D eigenvalue weighted by Gasteiger charge is -2.13. The van der Waals surface area contributed by atoms with Gasteiger partial charge >= 0.3 is 0 Å². The van der Waals surface area contributed by atoms with Crippen LogP contribution >= 0.6 is 15.9 Å². The molecule has 1 amide bonds. The van der Waals surface area contributed by atoms with Gasteiger partial charge in [0.2, 0.25) is 5.88 Å². The molecule has 0 saturated heterocycles. The average Bonchev–Trinajstić information content (AvgIpc) is 2.75. The lowest BCUT2D eigenvalue weighted by Crippen LogP contribution is -2.38. The molecule has 7 heteroatoms. The summed E-state index contributed by atoms with van der Waals surface area (Å²) in [5, 5.41) is 7.92. The van der Waals surface area contributed by atoms with Gasteiger partial charge in [0.15, 0.2) is 6.10 Å². The number of ether oxygens (including phenoxy) is 2. The molecule has 0 radical (unpaired) electrons. The van der Waals surface area contributed by atoms with Crippen molar-refractivity contribution in [1.29, 1.82) is 0 Å². The number of hydrogen-bond donors (Lipinski definition) is 1. The van der Waals surface area contributed by atoms with Crippen LogP contribution in [-0.2, 0) is 16.6 Å². The largest absolute Gasteiger partial charge is 0.463 e. The quantitative estimate of drug-likeness (QED) is 0.803. The van der Waals surface area contributed by atoms with Crippen LogP contribution in [0.5, 0.6) is 5.88 Å². The summed E-state index contributed by atoms with van der Waals surface area (Å²) in [5.74, 6) is 0.254. The van der Waals surface area contributed by atoms with E-state index in [0.717, 1.165) is 15.4 Å². The van der Waals surface area contributed by atoms with Crippen LogP contribution < -0.4 is 10.1 Å². The molecule has 0 saturated carbocycles. The summed E-state index contributed by atoms with van der Waals surface area (Å²) in [6, 6.07) is 5.81. The number of rotatable bonds is 6. The maximum atomic E-state index is 11.9. The van der Waals surface area contributed by atoms with Crippen LogP contribution in [0.3, 0.4) is 0 Å². The zero-order chi connectivity index (χ0) is 15.4. The maximum absolute atomic E-state index is 11.9. The van der Waals surface area contributed by atoms with Gasteiger partial charge in [0.05, 0.1) is 17.5 Å². The monoisotopic (exact) mass is 355 g/mol. The second kappa shape index (κ2) is 6.91. The molecule has 2 aromatic rings. The normalized spacial score (nSPS) is 12.4. The number of aromatic nitrogens is 2. The summed E-state index contributed by atoms with van der Waals surface area (Å²) in [6.45, 7) is 2.62. The molecule has 114 valence electrons. The topological polar surface area (TPSA) is 65.4 Å². The molecule has 1 aromatic heterocycles. The number of methoxy groups -OCH3 is 1. The van der Waals surface area contributed by atoms with E-state index in [0.29, 0.717) is 19.0 Å². The summed E-state index contributed by atoms with van der Waals surface area (Å²) in [7, 11) is 3.43. The van der Waals surface area contributed by atoms with E-state index in [4.69, 9.17) is 9.47 Å². The summed E-state index contributed by atoms with van der Waals surface area (Å²) >= 11 is 3.43. The Morgan fingerprint density at radius 3 is 3.00 bits per heavy atom. The van der Waals surface area contributed by atoms with Gasteiger partial charge in [-0.3, -0.25) is 9.48 Å². The van der Waals surface area contributed by atoms with Crippen LogP contribution in [0.15, 0.2) is 22.7 Å². The van der Waals surface area contributed by atoms with E-state index in [1.807, 2.05) is 25.2 Å². The molecule has 0 bridgehead atoms. The zero-order valence-electron chi connectivity index (χ0n) is 12.2. The summed E-state index contributed by atoms with van der Waals surface area (Å²) in [6.07, 6.45) is -0.626. The molecular weight excluding hydrogens is 338 g/mol. The number of hydrogen-bond acceptors (Lipinski definition) is 4. The van der Waals surface area contributed by atoms with Gasteiger partial charge in [-0.2, -0.15) is 0 Å². The highest BCUT2D eigenvalue weighted by molar-refractivity contribution is 9.10. The van der Waals surface area contributed by atoms with Crippen LogP contribution in [0.25, 0.3) is 10.9 Å². The van der Waals surface area contributed by atoms with Gasteiger partial charge in [0, 0.05) is 25.2 Å². The number of fused-ring (bicyclic) bond motifs is 1. The summed E-state index contributed by atoms with van der Waals surface area (Å²) in [5.41, 5.74) is 0.945. The minimum Gasteiger partial charge on any atom is -0.463 e. The van der Waals surface area contributed by atoms with E-state index in [2.05, 4.69) is 26.3 Å². The zero-order valence-corrected chi connectivity index (χ0v) is 13.8. The van der Waals surface area contributed by atoms with Gasteiger partial charge in [0.25, 0.3) is 5.91 Å². The number of benzene rings is 1. The first-order chi connectivity index (χ1) is 10.0. The summed E-state index contributed by atoms with van der Waals surface area (Å²) in [4.78, 5) is 11.9. The second-order valence-electron chi connectivity index (χ2n) is 4.63. The van der Waals surface area contributed by atoms with E-state index in [9.17, 15) is 4.79 Å². The van der Waals surface area contributed by atoms with Crippen molar-refractivity contribution in [3.8, 4) is 5.88 Å². The molecular formula is C14H18BrN3O3. The maximum Gasteiger partial charge on any atom is 0.260 e. The Morgan fingerprint density at radius 2 is 2.29 bits per heavy atom. The van der Waals surface area contributed by atoms with Crippen molar-refractivity contribution in [2.24, 2.45) is 7.05 Å². The molecule has 0 aliphatic carbocycles. The third-order valence-electron chi connectivity index (χ3n) is 3.04. The molecule has 1 aromatic carbocycles. The number of carbonyl (C=O) groups excluding carboxylic acids is 1. The standard InChI is InChI=1S/C14H18BrN3O3/c1-9(13(19)16-6-7-20-3)21-14-11-8-10(15)4-5-12(11)18(2)17-14/h4-5,8-9H,6-7H2,1-3H3,(H,16,19)/t9-/m0/s1. The van der Waals surface area contributed by atoms with Crippen LogP contribution in [0.1, 0.15) is 6.92 Å². The third-order valence-corrected chi connectivity index (χ3v) is 3.53. The lowest BCUT2D eigenvalue weighted by molar-refractivity contribution is -0.127. The number of halogens is 1. The predicted molar refractivity (Wildman–Crippen MR) is 83.4 cm³/mol. The highest BCUT2D eigenvalue weighted by Crippen LogP contribution is 2.28. The second-order valence-corrected chi connectivity index (χ2v) is 5.55. The molecule has 1 N–H and O–H groups in total. The van der Waals surface area contributed by atoms with Crippen LogP contribution in [0.2, 0.25) is 0 Å². The van der Waals surface area contributed by atoms with Crippen molar-refractivity contribution >= 4 is 32.7 Å². The Bertz CT molecular complexity index is 642. The Balaban J connectivity index is 2.12. The Hall–Kier alpha value is -1.60. The first-order valence-electron chi connectivity index (χ1n) is 6.58. The Kier molecular flexibility index (Phi) is 5.19. The Morgan fingerprint density at radius 1 is 1.52 bits per heavy atom. The van der Waals surface area contributed by atoms with Crippen LogP contribution in [0.4, 0.5) is 0 Å². The first kappa shape index (κ1) is 15.8. The fraction of sp³-hybridized carbons (Fsp3) is 0.429. The van der Waals surface area contributed by atoms with E-state index in [-0.39, 0.29) is 5.91 Å². The van der Waals surface area contributed by atoms with E-state index in [1.165, 1.54) is 0 Å². The molecule has 0 unspecified atom stereocenters. The molecule has 1 heterocycles. The van der Waals surface area contributed by atoms with Gasteiger partial charge in [-0.05, 0) is 25.1 Å². The lowest BCUT2D eigenvalue weighted by atomic mass is 10.2. The number of carbonyl (C=O) groups is 1. The van der Waals surface area contributed by atoms with E-state index < -0.39 is 6.10 Å². The molecule has 6 nitrogen and oxygen atoms in total. The van der Waals surface area contributed by atoms with Gasteiger partial charge < -0.3 is 14.8 Å². The Labute approximate surface area is 131 Å². The predicted octanol–water partition coefficient (Wildman–Crippen LogP) is 1.87. The van der Waals surface area contributed by atoms with Gasteiger partial charge in [-0.1, -0.05) is 15.9 Å². The highest BCUT2D eigenvalue weighted by atomic mass is 79.9. The van der Waals surface area contributed by atoms with Crippen molar-refractivity contribution in [2.45, 2.75) is 13.0 Å². The molecule has 21 heavy (non-hydrogen) atoms. The first-order valence-corrected chi connectivity index (χ1v) is 7.37. The number of nitrogens with zero attached hydrogens (tertiary/aromatic N) is 2. The van der Waals surface area contributed by atoms with Crippen LogP contribution in [-0.4, -0.2) is 42.1 Å². The summed E-state index contributed by atoms with van der Waals surface area (Å²) < 4.78 is 13.2. The fourth-order valence-corrected chi connectivity index (χ4v) is 2.29. The van der Waals surface area contributed by atoms with Crippen molar-refractivity contribution in [2.75, 3.05) is 20.3 Å². The van der Waals surface area contributed by atoms with Gasteiger partial charge in [0.1, 0.15) is 0 Å². The molecule has 1 atom stereocenters. The number of aryl methyl sites for hydroxylation is 1. The molecule has 0 fully saturated rings. The van der Waals surface area contributed by atoms with Crippen LogP contribution in [0, 0.1) is 0 Å². The highest BCUT2D eigenvalue weighted by Gasteiger charge is 2.18. The van der Waals surface area contributed by atoms with E-state index in [1.54, 1.807) is 18.7 Å². The SMILES string of the molecule is COCCNC(=O)[C@H](C)Oc1nn(C)c2ccc(Br)cc12. The average molecular weight is 356 g/mol. The minimum absolute atomic E-state index is 0.194.